The molecular formula is C13H13NO4. The van der Waals surface area contributed by atoms with Crippen molar-refractivity contribution in [2.45, 2.75) is 12.5 Å². The van der Waals surface area contributed by atoms with Crippen LogP contribution in [0.5, 0.6) is 5.75 Å². The van der Waals surface area contributed by atoms with Gasteiger partial charge in [0.15, 0.2) is 0 Å². The summed E-state index contributed by atoms with van der Waals surface area (Å²) >= 11 is 0. The standard InChI is InChI=1S/C13H13NO4/c15-13(16)5-8-4-10-11(14-8)2-1-3-12(10)18-7-9-6-17-9/h1-4,9,14H,5-7H2,(H,15,16). The van der Waals surface area contributed by atoms with Gasteiger partial charge in [0.05, 0.1) is 13.0 Å². The number of benzene rings is 1. The molecule has 2 aromatic rings. The molecule has 1 unspecified atom stereocenters. The molecule has 1 fully saturated rings. The Labute approximate surface area is 103 Å². The summed E-state index contributed by atoms with van der Waals surface area (Å²) in [4.78, 5) is 13.8. The number of H-pyrrole nitrogens is 1. The zero-order chi connectivity index (χ0) is 12.5. The van der Waals surface area contributed by atoms with E-state index in [9.17, 15) is 4.79 Å². The quantitative estimate of drug-likeness (QED) is 0.786. The first-order valence-corrected chi connectivity index (χ1v) is 5.79. The Hall–Kier alpha value is -2.01. The Kier molecular flexibility index (Phi) is 2.68. The van der Waals surface area contributed by atoms with Crippen LogP contribution in [-0.4, -0.2) is 35.4 Å². The minimum atomic E-state index is -0.851. The first kappa shape index (κ1) is 11.1. The minimum absolute atomic E-state index is 0.0140. The van der Waals surface area contributed by atoms with Crippen molar-refractivity contribution in [2.24, 2.45) is 0 Å². The zero-order valence-corrected chi connectivity index (χ0v) is 9.68. The molecule has 0 saturated carbocycles. The van der Waals surface area contributed by atoms with Gasteiger partial charge in [0, 0.05) is 16.6 Å². The van der Waals surface area contributed by atoms with E-state index in [1.807, 2.05) is 24.3 Å². The van der Waals surface area contributed by atoms with Crippen LogP contribution in [0.15, 0.2) is 24.3 Å². The number of carboxylic acid groups (broad SMARTS) is 1. The topological polar surface area (TPSA) is 74.8 Å². The SMILES string of the molecule is O=C(O)Cc1cc2c(OCC3CO3)cccc2[nH]1. The summed E-state index contributed by atoms with van der Waals surface area (Å²) in [7, 11) is 0. The van der Waals surface area contributed by atoms with Crippen LogP contribution >= 0.6 is 0 Å². The maximum Gasteiger partial charge on any atom is 0.309 e. The van der Waals surface area contributed by atoms with Gasteiger partial charge in [-0.15, -0.1) is 0 Å². The smallest absolute Gasteiger partial charge is 0.309 e. The van der Waals surface area contributed by atoms with Crippen LogP contribution in [0, 0.1) is 0 Å². The molecule has 1 saturated heterocycles. The first-order valence-electron chi connectivity index (χ1n) is 5.79. The molecule has 0 spiro atoms. The highest BCUT2D eigenvalue weighted by molar-refractivity contribution is 5.87. The summed E-state index contributed by atoms with van der Waals surface area (Å²) in [5.74, 6) is -0.0914. The molecule has 0 aliphatic carbocycles. The third kappa shape index (κ3) is 2.31. The monoisotopic (exact) mass is 247 g/mol. The van der Waals surface area contributed by atoms with E-state index in [0.717, 1.165) is 23.3 Å². The number of aromatic nitrogens is 1. The predicted octanol–water partition coefficient (Wildman–Crippen LogP) is 1.57. The number of hydrogen-bond donors (Lipinski definition) is 2. The predicted molar refractivity (Wildman–Crippen MR) is 64.9 cm³/mol. The van der Waals surface area contributed by atoms with Crippen LogP contribution in [0.25, 0.3) is 10.9 Å². The summed E-state index contributed by atoms with van der Waals surface area (Å²) in [6.07, 6.45) is 0.192. The molecule has 5 nitrogen and oxygen atoms in total. The molecular weight excluding hydrogens is 234 g/mol. The normalized spacial score (nSPS) is 17.9. The largest absolute Gasteiger partial charge is 0.490 e. The minimum Gasteiger partial charge on any atom is -0.490 e. The summed E-state index contributed by atoms with van der Waals surface area (Å²) in [5, 5.41) is 9.69. The van der Waals surface area contributed by atoms with Crippen LogP contribution in [0.4, 0.5) is 0 Å². The van der Waals surface area contributed by atoms with Gasteiger partial charge in [0.25, 0.3) is 0 Å². The molecule has 94 valence electrons. The number of nitrogens with one attached hydrogen (secondary N) is 1. The first-order chi connectivity index (χ1) is 8.72. The number of carbonyl (C=O) groups is 1. The van der Waals surface area contributed by atoms with E-state index in [4.69, 9.17) is 14.6 Å². The van der Waals surface area contributed by atoms with E-state index >= 15 is 0 Å². The molecule has 0 bridgehead atoms. The molecule has 1 aliphatic heterocycles. The Morgan fingerprint density at radius 1 is 1.56 bits per heavy atom. The van der Waals surface area contributed by atoms with E-state index in [1.165, 1.54) is 0 Å². The highest BCUT2D eigenvalue weighted by Crippen LogP contribution is 2.27. The average Bonchev–Trinajstić information content (AvgIpc) is 3.05. The lowest BCUT2D eigenvalue weighted by atomic mass is 10.2. The second-order valence-corrected chi connectivity index (χ2v) is 4.35. The molecule has 0 radical (unpaired) electrons. The molecule has 1 aromatic heterocycles. The second-order valence-electron chi connectivity index (χ2n) is 4.35. The summed E-state index contributed by atoms with van der Waals surface area (Å²) in [6, 6.07) is 7.49. The average molecular weight is 247 g/mol. The van der Waals surface area contributed by atoms with Gasteiger partial charge in [0.1, 0.15) is 18.5 Å². The lowest BCUT2D eigenvalue weighted by molar-refractivity contribution is -0.136. The van der Waals surface area contributed by atoms with Crippen LogP contribution in [0.2, 0.25) is 0 Å². The van der Waals surface area contributed by atoms with E-state index in [-0.39, 0.29) is 12.5 Å². The van der Waals surface area contributed by atoms with Crippen LogP contribution in [0.1, 0.15) is 5.69 Å². The van der Waals surface area contributed by atoms with Crippen molar-refractivity contribution in [3.05, 3.63) is 30.0 Å². The number of carboxylic acids is 1. The maximum absolute atomic E-state index is 10.7. The van der Waals surface area contributed by atoms with Crippen molar-refractivity contribution >= 4 is 16.9 Å². The Bertz CT molecular complexity index is 586. The number of rotatable bonds is 5. The van der Waals surface area contributed by atoms with Gasteiger partial charge in [-0.25, -0.2) is 0 Å². The number of ether oxygens (including phenoxy) is 2. The van der Waals surface area contributed by atoms with E-state index < -0.39 is 5.97 Å². The van der Waals surface area contributed by atoms with Gasteiger partial charge in [-0.05, 0) is 18.2 Å². The van der Waals surface area contributed by atoms with Gasteiger partial charge >= 0.3 is 5.97 Å². The molecule has 1 aliphatic rings. The number of hydrogen-bond acceptors (Lipinski definition) is 3. The fourth-order valence-corrected chi connectivity index (χ4v) is 1.92. The molecule has 2 N–H and O–H groups in total. The van der Waals surface area contributed by atoms with Gasteiger partial charge in [-0.3, -0.25) is 4.79 Å². The Morgan fingerprint density at radius 3 is 3.11 bits per heavy atom. The maximum atomic E-state index is 10.7. The third-order valence-corrected chi connectivity index (χ3v) is 2.85. The summed E-state index contributed by atoms with van der Waals surface area (Å²) < 4.78 is 10.8. The molecule has 1 atom stereocenters. The van der Waals surface area contributed by atoms with Crippen molar-refractivity contribution in [1.29, 1.82) is 0 Å². The molecule has 1 aromatic carbocycles. The van der Waals surface area contributed by atoms with Crippen molar-refractivity contribution in [1.82, 2.24) is 4.98 Å². The van der Waals surface area contributed by atoms with Crippen molar-refractivity contribution in [3.8, 4) is 5.75 Å². The highest BCUT2D eigenvalue weighted by atomic mass is 16.6. The van der Waals surface area contributed by atoms with Gasteiger partial charge in [-0.1, -0.05) is 6.07 Å². The van der Waals surface area contributed by atoms with E-state index in [1.54, 1.807) is 0 Å². The van der Waals surface area contributed by atoms with E-state index in [2.05, 4.69) is 4.98 Å². The number of epoxide rings is 1. The highest BCUT2D eigenvalue weighted by Gasteiger charge is 2.23. The van der Waals surface area contributed by atoms with Crippen LogP contribution < -0.4 is 4.74 Å². The lowest BCUT2D eigenvalue weighted by Gasteiger charge is -2.04. The van der Waals surface area contributed by atoms with E-state index in [0.29, 0.717) is 12.3 Å². The molecule has 18 heavy (non-hydrogen) atoms. The fourth-order valence-electron chi connectivity index (χ4n) is 1.92. The number of aliphatic carboxylic acids is 1. The van der Waals surface area contributed by atoms with Gasteiger partial charge < -0.3 is 19.6 Å². The second kappa shape index (κ2) is 4.34. The third-order valence-electron chi connectivity index (χ3n) is 2.85. The summed E-state index contributed by atoms with van der Waals surface area (Å²) in [6.45, 7) is 1.30. The number of aromatic amines is 1. The van der Waals surface area contributed by atoms with Crippen molar-refractivity contribution < 1.29 is 19.4 Å². The molecule has 3 rings (SSSR count). The Morgan fingerprint density at radius 2 is 2.39 bits per heavy atom. The Balaban J connectivity index is 1.87. The molecule has 5 heteroatoms. The fraction of sp³-hybridized carbons (Fsp3) is 0.308. The molecule has 2 heterocycles. The number of fused-ring (bicyclic) bond motifs is 1. The molecule has 0 amide bonds. The van der Waals surface area contributed by atoms with Crippen molar-refractivity contribution in [2.75, 3.05) is 13.2 Å². The van der Waals surface area contributed by atoms with Gasteiger partial charge in [-0.2, -0.15) is 0 Å². The van der Waals surface area contributed by atoms with Gasteiger partial charge in [0.2, 0.25) is 0 Å². The lowest BCUT2D eigenvalue weighted by Crippen LogP contribution is -2.03. The zero-order valence-electron chi connectivity index (χ0n) is 9.68. The van der Waals surface area contributed by atoms with Crippen LogP contribution in [0.3, 0.4) is 0 Å². The summed E-state index contributed by atoms with van der Waals surface area (Å²) in [5.41, 5.74) is 1.57. The van der Waals surface area contributed by atoms with Crippen LogP contribution in [-0.2, 0) is 16.0 Å². The van der Waals surface area contributed by atoms with Crippen molar-refractivity contribution in [3.63, 3.8) is 0 Å².